The lowest BCUT2D eigenvalue weighted by Crippen LogP contribution is -2.34. The summed E-state index contributed by atoms with van der Waals surface area (Å²) in [5.41, 5.74) is 1.58. The summed E-state index contributed by atoms with van der Waals surface area (Å²) in [5.74, 6) is 0.753. The third-order valence-corrected chi connectivity index (χ3v) is 3.53. The summed E-state index contributed by atoms with van der Waals surface area (Å²) >= 11 is 0. The SMILES string of the molecule is CC1CCCCC1N/C=C1/C=CC=CC1=N. The first kappa shape index (κ1) is 11.2. The monoisotopic (exact) mass is 216 g/mol. The summed E-state index contributed by atoms with van der Waals surface area (Å²) in [6, 6.07) is 0.591. The molecule has 2 aliphatic carbocycles. The number of nitrogens with one attached hydrogen (secondary N) is 2. The predicted octanol–water partition coefficient (Wildman–Crippen LogP) is 3.18. The minimum atomic E-state index is 0.591. The Morgan fingerprint density at radius 1 is 1.25 bits per heavy atom. The highest BCUT2D eigenvalue weighted by Gasteiger charge is 2.19. The van der Waals surface area contributed by atoms with Crippen LogP contribution in [0, 0.1) is 11.3 Å². The molecule has 0 aromatic heterocycles. The first-order chi connectivity index (χ1) is 7.77. The number of rotatable bonds is 2. The minimum absolute atomic E-state index is 0.591. The largest absolute Gasteiger partial charge is 0.387 e. The fourth-order valence-corrected chi connectivity index (χ4v) is 2.38. The smallest absolute Gasteiger partial charge is 0.0626 e. The van der Waals surface area contributed by atoms with E-state index in [2.05, 4.69) is 12.2 Å². The van der Waals surface area contributed by atoms with Gasteiger partial charge in [0.2, 0.25) is 0 Å². The molecule has 2 N–H and O–H groups in total. The van der Waals surface area contributed by atoms with Crippen molar-refractivity contribution in [3.63, 3.8) is 0 Å². The van der Waals surface area contributed by atoms with Crippen LogP contribution >= 0.6 is 0 Å². The summed E-state index contributed by atoms with van der Waals surface area (Å²) in [7, 11) is 0. The molecule has 1 saturated carbocycles. The van der Waals surface area contributed by atoms with Crippen molar-refractivity contribution in [3.8, 4) is 0 Å². The van der Waals surface area contributed by atoms with Gasteiger partial charge in [0.1, 0.15) is 0 Å². The Hall–Kier alpha value is -1.31. The molecule has 2 nitrogen and oxygen atoms in total. The third kappa shape index (κ3) is 2.63. The van der Waals surface area contributed by atoms with Gasteiger partial charge in [-0.1, -0.05) is 38.0 Å². The zero-order chi connectivity index (χ0) is 11.4. The Morgan fingerprint density at radius 2 is 2.00 bits per heavy atom. The Balaban J connectivity index is 1.95. The molecule has 2 aliphatic rings. The Labute approximate surface area is 97.6 Å². The van der Waals surface area contributed by atoms with E-state index in [1.165, 1.54) is 25.7 Å². The molecule has 0 heterocycles. The maximum Gasteiger partial charge on any atom is 0.0626 e. The van der Waals surface area contributed by atoms with E-state index in [-0.39, 0.29) is 0 Å². The first-order valence-corrected chi connectivity index (χ1v) is 6.17. The van der Waals surface area contributed by atoms with Crippen LogP contribution in [0.1, 0.15) is 32.6 Å². The lowest BCUT2D eigenvalue weighted by atomic mass is 9.86. The highest BCUT2D eigenvalue weighted by Crippen LogP contribution is 2.23. The van der Waals surface area contributed by atoms with Gasteiger partial charge < -0.3 is 10.7 Å². The van der Waals surface area contributed by atoms with Gasteiger partial charge in [-0.2, -0.15) is 0 Å². The molecule has 0 aromatic carbocycles. The Bertz CT molecular complexity index is 350. The van der Waals surface area contributed by atoms with Crippen molar-refractivity contribution in [1.29, 1.82) is 5.41 Å². The van der Waals surface area contributed by atoms with E-state index in [0.29, 0.717) is 11.8 Å². The van der Waals surface area contributed by atoms with Gasteiger partial charge >= 0.3 is 0 Å². The average molecular weight is 216 g/mol. The van der Waals surface area contributed by atoms with E-state index in [9.17, 15) is 0 Å². The first-order valence-electron chi connectivity index (χ1n) is 6.17. The molecule has 2 unspecified atom stereocenters. The van der Waals surface area contributed by atoms with E-state index in [1.54, 1.807) is 0 Å². The van der Waals surface area contributed by atoms with Gasteiger partial charge in [0.05, 0.1) is 5.71 Å². The highest BCUT2D eigenvalue weighted by molar-refractivity contribution is 6.09. The van der Waals surface area contributed by atoms with E-state index in [0.717, 1.165) is 11.5 Å². The van der Waals surface area contributed by atoms with Crippen LogP contribution < -0.4 is 5.32 Å². The van der Waals surface area contributed by atoms with E-state index in [4.69, 9.17) is 5.41 Å². The van der Waals surface area contributed by atoms with E-state index < -0.39 is 0 Å². The molecule has 0 radical (unpaired) electrons. The van der Waals surface area contributed by atoms with Crippen molar-refractivity contribution in [1.82, 2.24) is 5.32 Å². The Morgan fingerprint density at radius 3 is 2.75 bits per heavy atom. The molecule has 1 fully saturated rings. The van der Waals surface area contributed by atoms with Gasteiger partial charge in [-0.25, -0.2) is 0 Å². The van der Waals surface area contributed by atoms with Crippen LogP contribution in [-0.4, -0.2) is 11.8 Å². The molecule has 86 valence electrons. The topological polar surface area (TPSA) is 35.9 Å². The Kier molecular flexibility index (Phi) is 3.60. The van der Waals surface area contributed by atoms with Gasteiger partial charge in [-0.15, -0.1) is 0 Å². The molecule has 0 spiro atoms. The van der Waals surface area contributed by atoms with Crippen molar-refractivity contribution in [3.05, 3.63) is 36.1 Å². The second-order valence-corrected chi connectivity index (χ2v) is 4.77. The summed E-state index contributed by atoms with van der Waals surface area (Å²) in [4.78, 5) is 0. The lowest BCUT2D eigenvalue weighted by molar-refractivity contribution is 0.301. The summed E-state index contributed by atoms with van der Waals surface area (Å²) in [6.07, 6.45) is 15.0. The minimum Gasteiger partial charge on any atom is -0.387 e. The van der Waals surface area contributed by atoms with Crippen molar-refractivity contribution < 1.29 is 0 Å². The number of hydrogen-bond donors (Lipinski definition) is 2. The zero-order valence-corrected chi connectivity index (χ0v) is 9.87. The lowest BCUT2D eigenvalue weighted by Gasteiger charge is -2.29. The number of allylic oxidation sites excluding steroid dienone is 5. The molecule has 2 heteroatoms. The van der Waals surface area contributed by atoms with E-state index >= 15 is 0 Å². The summed E-state index contributed by atoms with van der Waals surface area (Å²) in [6.45, 7) is 2.32. The molecule has 0 aromatic rings. The second kappa shape index (κ2) is 5.15. The van der Waals surface area contributed by atoms with Crippen LogP contribution in [0.25, 0.3) is 0 Å². The second-order valence-electron chi connectivity index (χ2n) is 4.77. The molecule has 2 atom stereocenters. The standard InChI is InChI=1S/C14H20N2/c1-11-6-2-5-9-14(11)16-10-12-7-3-4-8-13(12)15/h3-4,7-8,10-11,14-16H,2,5-6,9H2,1H3/b12-10-,15-13?. The maximum atomic E-state index is 7.77. The van der Waals surface area contributed by atoms with Crippen LogP contribution in [0.3, 0.4) is 0 Å². The normalized spacial score (nSPS) is 32.1. The van der Waals surface area contributed by atoms with Gasteiger partial charge in [0.25, 0.3) is 0 Å². The molecule has 16 heavy (non-hydrogen) atoms. The van der Waals surface area contributed by atoms with Crippen molar-refractivity contribution in [2.75, 3.05) is 0 Å². The molecule has 0 amide bonds. The highest BCUT2D eigenvalue weighted by atomic mass is 14.9. The van der Waals surface area contributed by atoms with Gasteiger partial charge in [0.15, 0.2) is 0 Å². The molecule has 0 aliphatic heterocycles. The van der Waals surface area contributed by atoms with Crippen molar-refractivity contribution in [2.45, 2.75) is 38.6 Å². The molecule has 0 saturated heterocycles. The average Bonchev–Trinajstić information content (AvgIpc) is 2.30. The van der Waals surface area contributed by atoms with Crippen molar-refractivity contribution in [2.24, 2.45) is 5.92 Å². The van der Waals surface area contributed by atoms with Crippen LogP contribution in [0.2, 0.25) is 0 Å². The molecular formula is C14H20N2. The number of hydrogen-bond acceptors (Lipinski definition) is 2. The predicted molar refractivity (Wildman–Crippen MR) is 68.6 cm³/mol. The van der Waals surface area contributed by atoms with Crippen LogP contribution in [0.5, 0.6) is 0 Å². The van der Waals surface area contributed by atoms with Gasteiger partial charge in [-0.3, -0.25) is 0 Å². The summed E-state index contributed by atoms with van der Waals surface area (Å²) < 4.78 is 0. The fourth-order valence-electron chi connectivity index (χ4n) is 2.38. The maximum absolute atomic E-state index is 7.77. The molecule has 0 bridgehead atoms. The van der Waals surface area contributed by atoms with Gasteiger partial charge in [0, 0.05) is 17.8 Å². The van der Waals surface area contributed by atoms with Crippen LogP contribution in [-0.2, 0) is 0 Å². The van der Waals surface area contributed by atoms with Gasteiger partial charge in [-0.05, 0) is 24.8 Å². The van der Waals surface area contributed by atoms with Crippen molar-refractivity contribution >= 4 is 5.71 Å². The fraction of sp³-hybridized carbons (Fsp3) is 0.500. The quantitative estimate of drug-likeness (QED) is 0.730. The third-order valence-electron chi connectivity index (χ3n) is 3.53. The zero-order valence-electron chi connectivity index (χ0n) is 9.87. The van der Waals surface area contributed by atoms with Crippen LogP contribution in [0.4, 0.5) is 0 Å². The van der Waals surface area contributed by atoms with E-state index in [1.807, 2.05) is 30.5 Å². The summed E-state index contributed by atoms with van der Waals surface area (Å²) in [5, 5.41) is 11.3. The van der Waals surface area contributed by atoms with Crippen LogP contribution in [0.15, 0.2) is 36.1 Å². The molecular weight excluding hydrogens is 196 g/mol. The molecule has 2 rings (SSSR count).